The topological polar surface area (TPSA) is 50.2 Å². The number of rotatable bonds is 6. The minimum absolute atomic E-state index is 0.0972. The monoisotopic (exact) mass is 314 g/mol. The molecule has 0 aliphatic carbocycles. The molecule has 0 spiro atoms. The lowest BCUT2D eigenvalue weighted by atomic mass is 10.1. The second-order valence-corrected chi connectivity index (χ2v) is 6.42. The van der Waals surface area contributed by atoms with E-state index in [9.17, 15) is 4.79 Å². The van der Waals surface area contributed by atoms with Crippen LogP contribution >= 0.6 is 0 Å². The Labute approximate surface area is 137 Å². The summed E-state index contributed by atoms with van der Waals surface area (Å²) >= 11 is 0. The average Bonchev–Trinajstić information content (AvgIpc) is 2.89. The van der Waals surface area contributed by atoms with E-state index >= 15 is 0 Å². The zero-order valence-corrected chi connectivity index (χ0v) is 13.9. The summed E-state index contributed by atoms with van der Waals surface area (Å²) in [4.78, 5) is 19.0. The number of carbonyl (C=O) groups is 1. The van der Waals surface area contributed by atoms with Crippen LogP contribution in [0.25, 0.3) is 11.0 Å². The maximum Gasteiger partial charge on any atom is 0.224 e. The molecule has 3 rings (SSSR count). The average molecular weight is 314 g/mol. The summed E-state index contributed by atoms with van der Waals surface area (Å²) in [6.45, 7) is 4.30. The largest absolute Gasteiger partial charge is 0.356 e. The standard InChI is InChI=1S/C18H26N4O/c1-21-14-15(16-7-5-8-20-18(16)21)13-17(23)19-9-6-12-22-10-3-2-4-11-22/h5,7-8,14H,2-4,6,9-13H2,1H3,(H,19,23). The highest BCUT2D eigenvalue weighted by Crippen LogP contribution is 2.18. The van der Waals surface area contributed by atoms with Crippen LogP contribution in [0.15, 0.2) is 24.5 Å². The van der Waals surface area contributed by atoms with Crippen molar-refractivity contribution < 1.29 is 4.79 Å². The summed E-state index contributed by atoms with van der Waals surface area (Å²) < 4.78 is 1.98. The first-order valence-corrected chi connectivity index (χ1v) is 8.62. The van der Waals surface area contributed by atoms with E-state index in [0.717, 1.165) is 36.1 Å². The Kier molecular flexibility index (Phi) is 5.28. The van der Waals surface area contributed by atoms with Crippen LogP contribution in [0.3, 0.4) is 0 Å². The van der Waals surface area contributed by atoms with Gasteiger partial charge in [-0.25, -0.2) is 4.98 Å². The van der Waals surface area contributed by atoms with Crippen LogP contribution in [0.4, 0.5) is 0 Å². The fourth-order valence-electron chi connectivity index (χ4n) is 3.38. The fourth-order valence-corrected chi connectivity index (χ4v) is 3.38. The van der Waals surface area contributed by atoms with Crippen molar-refractivity contribution in [2.24, 2.45) is 7.05 Å². The van der Waals surface area contributed by atoms with Crippen LogP contribution in [0.5, 0.6) is 0 Å². The first-order valence-electron chi connectivity index (χ1n) is 8.62. The molecular weight excluding hydrogens is 288 g/mol. The summed E-state index contributed by atoms with van der Waals surface area (Å²) in [5.74, 6) is 0.0972. The molecular formula is C18H26N4O. The first-order chi connectivity index (χ1) is 11.2. The number of pyridine rings is 1. The van der Waals surface area contributed by atoms with Gasteiger partial charge in [0.25, 0.3) is 0 Å². The van der Waals surface area contributed by atoms with Gasteiger partial charge in [-0.2, -0.15) is 0 Å². The number of aromatic nitrogens is 2. The Morgan fingerprint density at radius 1 is 1.30 bits per heavy atom. The van der Waals surface area contributed by atoms with Crippen LogP contribution in [-0.2, 0) is 18.3 Å². The van der Waals surface area contributed by atoms with Crippen molar-refractivity contribution in [1.29, 1.82) is 0 Å². The molecule has 0 saturated carbocycles. The number of nitrogens with one attached hydrogen (secondary N) is 1. The molecule has 0 bridgehead atoms. The van der Waals surface area contributed by atoms with Gasteiger partial charge in [0.2, 0.25) is 5.91 Å². The molecule has 0 unspecified atom stereocenters. The Morgan fingerprint density at radius 2 is 2.13 bits per heavy atom. The minimum atomic E-state index is 0.0972. The molecule has 3 heterocycles. The predicted octanol–water partition coefficient (Wildman–Crippen LogP) is 2.11. The van der Waals surface area contributed by atoms with Crippen molar-refractivity contribution in [1.82, 2.24) is 19.8 Å². The van der Waals surface area contributed by atoms with E-state index in [1.165, 1.54) is 32.4 Å². The minimum Gasteiger partial charge on any atom is -0.356 e. The molecule has 1 aliphatic rings. The van der Waals surface area contributed by atoms with E-state index in [0.29, 0.717) is 6.42 Å². The maximum absolute atomic E-state index is 12.2. The van der Waals surface area contributed by atoms with Gasteiger partial charge in [-0.1, -0.05) is 6.42 Å². The molecule has 1 N–H and O–H groups in total. The summed E-state index contributed by atoms with van der Waals surface area (Å²) in [6, 6.07) is 3.95. The summed E-state index contributed by atoms with van der Waals surface area (Å²) in [5.41, 5.74) is 1.98. The summed E-state index contributed by atoms with van der Waals surface area (Å²) in [5, 5.41) is 4.12. The molecule has 0 aromatic carbocycles. The Bertz CT molecular complexity index is 658. The third-order valence-electron chi connectivity index (χ3n) is 4.59. The molecule has 124 valence electrons. The smallest absolute Gasteiger partial charge is 0.224 e. The second-order valence-electron chi connectivity index (χ2n) is 6.42. The number of nitrogens with zero attached hydrogens (tertiary/aromatic N) is 3. The SMILES string of the molecule is Cn1cc(CC(=O)NCCCN2CCCCC2)c2cccnc21. The van der Waals surface area contributed by atoms with Crippen molar-refractivity contribution in [3.63, 3.8) is 0 Å². The summed E-state index contributed by atoms with van der Waals surface area (Å²) in [6.07, 6.45) is 9.25. The molecule has 1 aliphatic heterocycles. The first kappa shape index (κ1) is 16.0. The van der Waals surface area contributed by atoms with E-state index < -0.39 is 0 Å². The Hall–Kier alpha value is -1.88. The number of likely N-dealkylation sites (tertiary alicyclic amines) is 1. The van der Waals surface area contributed by atoms with Crippen molar-refractivity contribution in [2.75, 3.05) is 26.2 Å². The highest BCUT2D eigenvalue weighted by molar-refractivity contribution is 5.87. The lowest BCUT2D eigenvalue weighted by Gasteiger charge is -2.26. The van der Waals surface area contributed by atoms with Crippen LogP contribution in [-0.4, -0.2) is 46.5 Å². The number of carbonyl (C=O) groups excluding carboxylic acids is 1. The van der Waals surface area contributed by atoms with Crippen molar-refractivity contribution in [3.05, 3.63) is 30.1 Å². The van der Waals surface area contributed by atoms with Crippen LogP contribution in [0.1, 0.15) is 31.2 Å². The van der Waals surface area contributed by atoms with Gasteiger partial charge in [0, 0.05) is 31.4 Å². The van der Waals surface area contributed by atoms with Gasteiger partial charge >= 0.3 is 0 Å². The number of piperidine rings is 1. The number of aryl methyl sites for hydroxylation is 1. The van der Waals surface area contributed by atoms with E-state index in [1.807, 2.05) is 29.9 Å². The second kappa shape index (κ2) is 7.59. The third kappa shape index (κ3) is 4.10. The molecule has 23 heavy (non-hydrogen) atoms. The molecule has 1 fully saturated rings. The lowest BCUT2D eigenvalue weighted by molar-refractivity contribution is -0.120. The van der Waals surface area contributed by atoms with Crippen LogP contribution < -0.4 is 5.32 Å². The van der Waals surface area contributed by atoms with E-state index in [2.05, 4.69) is 15.2 Å². The van der Waals surface area contributed by atoms with Gasteiger partial charge in [-0.15, -0.1) is 0 Å². The quantitative estimate of drug-likeness (QED) is 0.831. The maximum atomic E-state index is 12.2. The lowest BCUT2D eigenvalue weighted by Crippen LogP contribution is -2.33. The number of fused-ring (bicyclic) bond motifs is 1. The molecule has 5 heteroatoms. The number of hydrogen-bond acceptors (Lipinski definition) is 3. The Balaban J connectivity index is 1.45. The molecule has 5 nitrogen and oxygen atoms in total. The fraction of sp³-hybridized carbons (Fsp3) is 0.556. The third-order valence-corrected chi connectivity index (χ3v) is 4.59. The molecule has 2 aromatic rings. The molecule has 0 radical (unpaired) electrons. The van der Waals surface area contributed by atoms with Crippen LogP contribution in [0.2, 0.25) is 0 Å². The molecule has 0 atom stereocenters. The number of amides is 1. The zero-order chi connectivity index (χ0) is 16.1. The zero-order valence-electron chi connectivity index (χ0n) is 13.9. The van der Waals surface area contributed by atoms with Gasteiger partial charge in [0.1, 0.15) is 5.65 Å². The van der Waals surface area contributed by atoms with Crippen molar-refractivity contribution in [2.45, 2.75) is 32.1 Å². The number of hydrogen-bond donors (Lipinski definition) is 1. The van der Waals surface area contributed by atoms with Crippen molar-refractivity contribution >= 4 is 16.9 Å². The highest BCUT2D eigenvalue weighted by atomic mass is 16.1. The molecule has 1 saturated heterocycles. The Morgan fingerprint density at radius 3 is 2.96 bits per heavy atom. The van der Waals surface area contributed by atoms with E-state index in [4.69, 9.17) is 0 Å². The van der Waals surface area contributed by atoms with Gasteiger partial charge in [0.15, 0.2) is 0 Å². The predicted molar refractivity (Wildman–Crippen MR) is 92.3 cm³/mol. The van der Waals surface area contributed by atoms with E-state index in [1.54, 1.807) is 6.20 Å². The van der Waals surface area contributed by atoms with Gasteiger partial charge < -0.3 is 14.8 Å². The van der Waals surface area contributed by atoms with Gasteiger partial charge in [-0.3, -0.25) is 4.79 Å². The highest BCUT2D eigenvalue weighted by Gasteiger charge is 2.12. The molecule has 2 aromatic heterocycles. The molecule has 1 amide bonds. The van der Waals surface area contributed by atoms with E-state index in [-0.39, 0.29) is 5.91 Å². The summed E-state index contributed by atoms with van der Waals surface area (Å²) in [7, 11) is 1.97. The van der Waals surface area contributed by atoms with Crippen molar-refractivity contribution in [3.8, 4) is 0 Å². The van der Waals surface area contributed by atoms with Gasteiger partial charge in [0.05, 0.1) is 6.42 Å². The normalized spacial score (nSPS) is 15.9. The van der Waals surface area contributed by atoms with Gasteiger partial charge in [-0.05, 0) is 56.6 Å². The van der Waals surface area contributed by atoms with Crippen LogP contribution in [0, 0.1) is 0 Å².